The Bertz CT molecular complexity index is 881. The maximum absolute atomic E-state index is 4.23. The Hall–Kier alpha value is -2.45. The summed E-state index contributed by atoms with van der Waals surface area (Å²) in [6.45, 7) is 0.714. The Morgan fingerprint density at radius 3 is 2.75 bits per heavy atom. The van der Waals surface area contributed by atoms with Crippen molar-refractivity contribution in [2.45, 2.75) is 17.5 Å². The molecule has 0 aliphatic rings. The fraction of sp³-hybridized carbons (Fsp3) is 0.125. The van der Waals surface area contributed by atoms with Crippen LogP contribution < -0.4 is 0 Å². The third-order valence-electron chi connectivity index (χ3n) is 3.46. The summed E-state index contributed by atoms with van der Waals surface area (Å²) in [5.41, 5.74) is 2.28. The molecule has 3 aromatic heterocycles. The van der Waals surface area contributed by atoms with E-state index in [1.54, 1.807) is 29.3 Å². The Morgan fingerprint density at radius 1 is 1.08 bits per heavy atom. The highest BCUT2D eigenvalue weighted by molar-refractivity contribution is 7.98. The molecular formula is C16H14N6S2. The fourth-order valence-electron chi connectivity index (χ4n) is 2.26. The van der Waals surface area contributed by atoms with E-state index in [-0.39, 0.29) is 0 Å². The summed E-state index contributed by atoms with van der Waals surface area (Å²) < 4.78 is 3.69. The molecule has 4 aromatic rings. The van der Waals surface area contributed by atoms with Crippen LogP contribution in [-0.2, 0) is 12.3 Å². The van der Waals surface area contributed by atoms with Gasteiger partial charge in [-0.2, -0.15) is 5.10 Å². The van der Waals surface area contributed by atoms with E-state index < -0.39 is 0 Å². The first-order chi connectivity index (χ1) is 11.9. The van der Waals surface area contributed by atoms with Crippen molar-refractivity contribution >= 4 is 23.1 Å². The van der Waals surface area contributed by atoms with Crippen molar-refractivity contribution in [1.29, 1.82) is 0 Å². The number of thiophene rings is 1. The Kier molecular flexibility index (Phi) is 4.39. The average molecular weight is 354 g/mol. The van der Waals surface area contributed by atoms with Gasteiger partial charge in [0.1, 0.15) is 0 Å². The van der Waals surface area contributed by atoms with E-state index in [1.165, 1.54) is 10.4 Å². The normalized spacial score (nSPS) is 11.0. The largest absolute Gasteiger partial charge is 0.241 e. The van der Waals surface area contributed by atoms with E-state index in [4.69, 9.17) is 0 Å². The van der Waals surface area contributed by atoms with Gasteiger partial charge in [0.25, 0.3) is 0 Å². The molecule has 4 rings (SSSR count). The lowest BCUT2D eigenvalue weighted by Crippen LogP contribution is -2.02. The molecule has 3 heterocycles. The molecule has 0 saturated carbocycles. The minimum atomic E-state index is 0.714. The molecule has 0 amide bonds. The first-order valence-electron chi connectivity index (χ1n) is 7.39. The van der Waals surface area contributed by atoms with Crippen molar-refractivity contribution in [3.63, 3.8) is 0 Å². The van der Waals surface area contributed by atoms with E-state index in [9.17, 15) is 0 Å². The molecule has 0 unspecified atom stereocenters. The van der Waals surface area contributed by atoms with Crippen LogP contribution >= 0.6 is 23.1 Å². The first-order valence-corrected chi connectivity index (χ1v) is 9.25. The van der Waals surface area contributed by atoms with Crippen LogP contribution in [-0.4, -0.2) is 30.0 Å². The lowest BCUT2D eigenvalue weighted by atomic mass is 10.2. The average Bonchev–Trinajstić information content (AvgIpc) is 3.37. The van der Waals surface area contributed by atoms with Gasteiger partial charge in [0.2, 0.25) is 5.16 Å². The van der Waals surface area contributed by atoms with Crippen molar-refractivity contribution in [2.75, 3.05) is 0 Å². The SMILES string of the molecule is c1csc(Cn2nnnc2SCc2ccc(-n3cccn3)cc2)c1. The predicted molar refractivity (Wildman–Crippen MR) is 94.4 cm³/mol. The topological polar surface area (TPSA) is 61.4 Å². The van der Waals surface area contributed by atoms with E-state index in [2.05, 4.69) is 56.3 Å². The maximum atomic E-state index is 4.23. The van der Waals surface area contributed by atoms with E-state index in [0.29, 0.717) is 6.54 Å². The Balaban J connectivity index is 1.41. The molecule has 120 valence electrons. The fourth-order valence-corrected chi connectivity index (χ4v) is 3.78. The standard InChI is InChI=1S/C16H14N6S2/c1-3-15(23-10-1)11-22-16(18-19-20-22)24-12-13-4-6-14(7-5-13)21-9-2-8-17-21/h1-10H,11-12H2. The molecule has 0 N–H and O–H groups in total. The molecule has 0 atom stereocenters. The summed E-state index contributed by atoms with van der Waals surface area (Å²) in [5.74, 6) is 0.824. The summed E-state index contributed by atoms with van der Waals surface area (Å²) in [4.78, 5) is 1.24. The second kappa shape index (κ2) is 6.98. The van der Waals surface area contributed by atoms with Gasteiger partial charge in [0.05, 0.1) is 12.2 Å². The molecule has 1 aromatic carbocycles. The molecule has 0 aliphatic carbocycles. The zero-order chi connectivity index (χ0) is 16.2. The second-order valence-electron chi connectivity index (χ2n) is 5.10. The van der Waals surface area contributed by atoms with Crippen LogP contribution in [0.2, 0.25) is 0 Å². The maximum Gasteiger partial charge on any atom is 0.209 e. The highest BCUT2D eigenvalue weighted by Crippen LogP contribution is 2.22. The predicted octanol–water partition coefficient (Wildman–Crippen LogP) is 3.26. The van der Waals surface area contributed by atoms with Crippen molar-refractivity contribution in [2.24, 2.45) is 0 Å². The smallest absolute Gasteiger partial charge is 0.209 e. The van der Waals surface area contributed by atoms with Crippen molar-refractivity contribution in [3.05, 3.63) is 70.7 Å². The van der Waals surface area contributed by atoms with Gasteiger partial charge in [0, 0.05) is 23.0 Å². The Labute approximate surface area is 147 Å². The summed E-state index contributed by atoms with van der Waals surface area (Å²) in [6, 6.07) is 14.4. The molecule has 0 fully saturated rings. The van der Waals surface area contributed by atoms with Gasteiger partial charge in [0.15, 0.2) is 0 Å². The molecule has 0 aliphatic heterocycles. The molecule has 24 heavy (non-hydrogen) atoms. The third kappa shape index (κ3) is 3.39. The van der Waals surface area contributed by atoms with Crippen LogP contribution in [0.3, 0.4) is 0 Å². The van der Waals surface area contributed by atoms with Crippen LogP contribution in [0.15, 0.2) is 65.4 Å². The van der Waals surface area contributed by atoms with Crippen LogP contribution in [0.25, 0.3) is 5.69 Å². The van der Waals surface area contributed by atoms with Gasteiger partial charge in [-0.05, 0) is 45.6 Å². The van der Waals surface area contributed by atoms with Gasteiger partial charge in [-0.25, -0.2) is 9.36 Å². The third-order valence-corrected chi connectivity index (χ3v) is 5.35. The van der Waals surface area contributed by atoms with Crippen LogP contribution in [0.1, 0.15) is 10.4 Å². The van der Waals surface area contributed by atoms with Gasteiger partial charge in [-0.15, -0.1) is 16.4 Å². The van der Waals surface area contributed by atoms with Crippen molar-refractivity contribution < 1.29 is 0 Å². The van der Waals surface area contributed by atoms with E-state index in [1.807, 2.05) is 27.7 Å². The minimum absolute atomic E-state index is 0.714. The number of benzene rings is 1. The van der Waals surface area contributed by atoms with Crippen LogP contribution in [0, 0.1) is 0 Å². The number of hydrogen-bond donors (Lipinski definition) is 0. The van der Waals surface area contributed by atoms with Crippen molar-refractivity contribution in [1.82, 2.24) is 30.0 Å². The molecule has 0 radical (unpaired) electrons. The minimum Gasteiger partial charge on any atom is -0.241 e. The highest BCUT2D eigenvalue weighted by atomic mass is 32.2. The number of hydrogen-bond acceptors (Lipinski definition) is 6. The monoisotopic (exact) mass is 354 g/mol. The Morgan fingerprint density at radius 2 is 2.00 bits per heavy atom. The van der Waals surface area contributed by atoms with Gasteiger partial charge in [-0.3, -0.25) is 0 Å². The molecule has 6 nitrogen and oxygen atoms in total. The molecule has 0 saturated heterocycles. The number of tetrazole rings is 1. The highest BCUT2D eigenvalue weighted by Gasteiger charge is 2.08. The number of nitrogens with zero attached hydrogens (tertiary/aromatic N) is 6. The van der Waals surface area contributed by atoms with Gasteiger partial charge >= 0.3 is 0 Å². The zero-order valence-corrected chi connectivity index (χ0v) is 14.3. The molecule has 0 bridgehead atoms. The van der Waals surface area contributed by atoms with Gasteiger partial charge in [-0.1, -0.05) is 30.0 Å². The molecule has 8 heteroatoms. The van der Waals surface area contributed by atoms with Crippen LogP contribution in [0.5, 0.6) is 0 Å². The number of aromatic nitrogens is 6. The van der Waals surface area contributed by atoms with Crippen LogP contribution in [0.4, 0.5) is 0 Å². The lowest BCUT2D eigenvalue weighted by molar-refractivity contribution is 0.608. The number of thioether (sulfide) groups is 1. The first kappa shape index (κ1) is 15.1. The second-order valence-corrected chi connectivity index (χ2v) is 7.08. The van der Waals surface area contributed by atoms with E-state index in [0.717, 1.165) is 16.6 Å². The molecular weight excluding hydrogens is 340 g/mol. The zero-order valence-electron chi connectivity index (χ0n) is 12.7. The van der Waals surface area contributed by atoms with Gasteiger partial charge < -0.3 is 0 Å². The quantitative estimate of drug-likeness (QED) is 0.497. The summed E-state index contributed by atoms with van der Waals surface area (Å²) in [5, 5.41) is 19.1. The summed E-state index contributed by atoms with van der Waals surface area (Å²) >= 11 is 3.35. The summed E-state index contributed by atoms with van der Waals surface area (Å²) in [6.07, 6.45) is 3.71. The lowest BCUT2D eigenvalue weighted by Gasteiger charge is -2.05. The molecule has 0 spiro atoms. The van der Waals surface area contributed by atoms with E-state index >= 15 is 0 Å². The van der Waals surface area contributed by atoms with Crippen molar-refractivity contribution in [3.8, 4) is 5.69 Å². The summed E-state index contributed by atoms with van der Waals surface area (Å²) in [7, 11) is 0. The number of rotatable bonds is 6.